The number of carbonyl (C=O) groups is 1. The average molecular weight is 482 g/mol. The van der Waals surface area contributed by atoms with Crippen LogP contribution in [0.15, 0.2) is 104 Å². The van der Waals surface area contributed by atoms with E-state index in [9.17, 15) is 9.18 Å². The van der Waals surface area contributed by atoms with Crippen LogP contribution in [0.5, 0.6) is 0 Å². The fourth-order valence-corrected chi connectivity index (χ4v) is 4.57. The van der Waals surface area contributed by atoms with Crippen molar-refractivity contribution >= 4 is 16.8 Å². The number of hydrogen-bond acceptors (Lipinski definition) is 2. The van der Waals surface area contributed by atoms with E-state index in [1.54, 1.807) is 42.7 Å². The molecule has 3 aromatic carbocycles. The van der Waals surface area contributed by atoms with Crippen molar-refractivity contribution in [2.75, 3.05) is 0 Å². The second-order valence-electron chi connectivity index (χ2n) is 8.77. The lowest BCUT2D eigenvalue weighted by Gasteiger charge is -2.18. The molecule has 36 heavy (non-hydrogen) atoms. The normalized spacial score (nSPS) is 11.9. The Morgan fingerprint density at radius 2 is 1.56 bits per heavy atom. The van der Waals surface area contributed by atoms with E-state index in [-0.39, 0.29) is 24.0 Å². The van der Waals surface area contributed by atoms with Crippen LogP contribution in [-0.4, -0.2) is 15.5 Å². The topological polar surface area (TPSA) is 46.9 Å². The van der Waals surface area contributed by atoms with Crippen molar-refractivity contribution in [1.82, 2.24) is 14.9 Å². The van der Waals surface area contributed by atoms with E-state index >= 15 is 4.39 Å². The lowest BCUT2D eigenvalue weighted by Crippen LogP contribution is -2.25. The summed E-state index contributed by atoms with van der Waals surface area (Å²) in [7, 11) is 0. The molecule has 0 saturated heterocycles. The monoisotopic (exact) mass is 481 g/mol. The fraction of sp³-hybridized carbons (Fsp3) is 0.133. The first-order valence-electron chi connectivity index (χ1n) is 11.8. The lowest BCUT2D eigenvalue weighted by molar-refractivity contribution is -0.121. The Hall–Kier alpha value is -4.32. The van der Waals surface area contributed by atoms with Gasteiger partial charge in [-0.05, 0) is 58.7 Å². The number of carbonyl (C=O) groups excluding carboxylic acids is 1. The van der Waals surface area contributed by atoms with E-state index in [1.807, 2.05) is 42.6 Å². The maximum Gasteiger partial charge on any atom is 0.221 e. The molecule has 0 spiro atoms. The molecule has 5 rings (SSSR count). The molecule has 0 aliphatic rings. The molecule has 4 nitrogen and oxygen atoms in total. The highest BCUT2D eigenvalue weighted by atomic mass is 19.1. The van der Waals surface area contributed by atoms with Crippen LogP contribution < -0.4 is 5.32 Å². The van der Waals surface area contributed by atoms with Crippen LogP contribution in [-0.2, 0) is 17.9 Å². The zero-order valence-corrected chi connectivity index (χ0v) is 19.6. The van der Waals surface area contributed by atoms with Crippen molar-refractivity contribution in [3.05, 3.63) is 137 Å². The number of halogens is 2. The molecule has 1 unspecified atom stereocenters. The molecule has 1 N–H and O–H groups in total. The summed E-state index contributed by atoms with van der Waals surface area (Å²) in [6.45, 7) is 0.899. The number of hydrogen-bond donors (Lipinski definition) is 1. The molecule has 0 fully saturated rings. The Kier molecular flexibility index (Phi) is 6.85. The average Bonchev–Trinajstić information content (AvgIpc) is 3.26. The predicted octanol–water partition coefficient (Wildman–Crippen LogP) is 6.20. The fourth-order valence-electron chi connectivity index (χ4n) is 4.57. The highest BCUT2D eigenvalue weighted by molar-refractivity contribution is 5.86. The van der Waals surface area contributed by atoms with E-state index < -0.39 is 5.92 Å². The van der Waals surface area contributed by atoms with Gasteiger partial charge in [-0.1, -0.05) is 48.5 Å². The standard InChI is InChI=1S/C30H25F2N3O/c31-23-11-9-22(10-12-23)19-35-20-27(25-6-2-4-8-29(25)35)26(24-5-1-3-7-28(24)32)17-30(36)34-18-21-13-15-33-16-14-21/h1-16,20,26H,17-19H2,(H,34,36). The van der Waals surface area contributed by atoms with Crippen LogP contribution in [0.3, 0.4) is 0 Å². The molecule has 0 bridgehead atoms. The van der Waals surface area contributed by atoms with Crippen LogP contribution in [0.4, 0.5) is 8.78 Å². The van der Waals surface area contributed by atoms with Gasteiger partial charge in [0.05, 0.1) is 0 Å². The first-order valence-corrected chi connectivity index (χ1v) is 11.8. The van der Waals surface area contributed by atoms with Gasteiger partial charge in [0, 0.05) is 54.9 Å². The molecule has 0 saturated carbocycles. The second kappa shape index (κ2) is 10.5. The Morgan fingerprint density at radius 3 is 2.33 bits per heavy atom. The Labute approximate surface area is 208 Å². The quantitative estimate of drug-likeness (QED) is 0.287. The molecule has 2 aromatic heterocycles. The van der Waals surface area contributed by atoms with Crippen LogP contribution in [0.1, 0.15) is 34.6 Å². The first-order chi connectivity index (χ1) is 17.6. The van der Waals surface area contributed by atoms with Crippen LogP contribution in [0, 0.1) is 11.6 Å². The predicted molar refractivity (Wildman–Crippen MR) is 136 cm³/mol. The number of rotatable bonds is 8. The second-order valence-corrected chi connectivity index (χ2v) is 8.77. The molecule has 2 heterocycles. The largest absolute Gasteiger partial charge is 0.352 e. The Bertz CT molecular complexity index is 1480. The highest BCUT2D eigenvalue weighted by Gasteiger charge is 2.25. The molecular formula is C30H25F2N3O. The van der Waals surface area contributed by atoms with Crippen molar-refractivity contribution in [2.24, 2.45) is 0 Å². The van der Waals surface area contributed by atoms with Gasteiger partial charge in [0.2, 0.25) is 5.91 Å². The van der Waals surface area contributed by atoms with Gasteiger partial charge in [0.1, 0.15) is 11.6 Å². The number of nitrogens with one attached hydrogen (secondary N) is 1. The summed E-state index contributed by atoms with van der Waals surface area (Å²) in [5.41, 5.74) is 4.20. The smallest absolute Gasteiger partial charge is 0.221 e. The molecule has 6 heteroatoms. The third-order valence-corrected chi connectivity index (χ3v) is 6.37. The lowest BCUT2D eigenvalue weighted by atomic mass is 9.87. The number of para-hydroxylation sites is 1. The van der Waals surface area contributed by atoms with E-state index in [1.165, 1.54) is 18.2 Å². The molecule has 1 amide bonds. The first kappa shape index (κ1) is 23.4. The number of aromatic nitrogens is 2. The number of fused-ring (bicyclic) bond motifs is 1. The van der Waals surface area contributed by atoms with Gasteiger partial charge in [0.15, 0.2) is 0 Å². The minimum atomic E-state index is -0.483. The van der Waals surface area contributed by atoms with Gasteiger partial charge < -0.3 is 9.88 Å². The summed E-state index contributed by atoms with van der Waals surface area (Å²) < 4.78 is 30.5. The SMILES string of the molecule is O=C(CC(c1ccccc1F)c1cn(Cc2ccc(F)cc2)c2ccccc12)NCc1ccncc1. The zero-order valence-electron chi connectivity index (χ0n) is 19.6. The molecule has 0 radical (unpaired) electrons. The Morgan fingerprint density at radius 1 is 0.833 bits per heavy atom. The summed E-state index contributed by atoms with van der Waals surface area (Å²) in [4.78, 5) is 17.1. The van der Waals surface area contributed by atoms with Crippen LogP contribution in [0.25, 0.3) is 10.9 Å². The summed E-state index contributed by atoms with van der Waals surface area (Å²) >= 11 is 0. The van der Waals surface area contributed by atoms with Crippen LogP contribution in [0.2, 0.25) is 0 Å². The van der Waals surface area contributed by atoms with Crippen molar-refractivity contribution < 1.29 is 13.6 Å². The third kappa shape index (κ3) is 5.18. The Balaban J connectivity index is 1.50. The van der Waals surface area contributed by atoms with Gasteiger partial charge in [-0.15, -0.1) is 0 Å². The minimum Gasteiger partial charge on any atom is -0.352 e. The van der Waals surface area contributed by atoms with Gasteiger partial charge in [0.25, 0.3) is 0 Å². The molecular weight excluding hydrogens is 456 g/mol. The molecule has 0 aliphatic heterocycles. The number of amides is 1. The van der Waals surface area contributed by atoms with E-state index in [0.717, 1.165) is 27.6 Å². The number of pyridine rings is 1. The van der Waals surface area contributed by atoms with E-state index in [0.29, 0.717) is 18.7 Å². The minimum absolute atomic E-state index is 0.0938. The third-order valence-electron chi connectivity index (χ3n) is 6.37. The van der Waals surface area contributed by atoms with Gasteiger partial charge >= 0.3 is 0 Å². The maximum atomic E-state index is 15.0. The molecule has 5 aromatic rings. The molecule has 1 atom stereocenters. The number of benzene rings is 3. The van der Waals surface area contributed by atoms with Crippen molar-refractivity contribution in [1.29, 1.82) is 0 Å². The summed E-state index contributed by atoms with van der Waals surface area (Å²) in [6, 6.07) is 24.6. The summed E-state index contributed by atoms with van der Waals surface area (Å²) in [5.74, 6) is -1.28. The van der Waals surface area contributed by atoms with Gasteiger partial charge in [-0.25, -0.2) is 8.78 Å². The van der Waals surface area contributed by atoms with E-state index in [2.05, 4.69) is 14.9 Å². The van der Waals surface area contributed by atoms with Crippen molar-refractivity contribution in [3.8, 4) is 0 Å². The highest BCUT2D eigenvalue weighted by Crippen LogP contribution is 2.36. The van der Waals surface area contributed by atoms with E-state index in [4.69, 9.17) is 0 Å². The summed E-state index contributed by atoms with van der Waals surface area (Å²) in [5, 5.41) is 3.91. The zero-order chi connectivity index (χ0) is 24.9. The number of nitrogens with zero attached hydrogens (tertiary/aromatic N) is 2. The molecule has 0 aliphatic carbocycles. The van der Waals surface area contributed by atoms with Crippen molar-refractivity contribution in [3.63, 3.8) is 0 Å². The molecule has 180 valence electrons. The van der Waals surface area contributed by atoms with Crippen LogP contribution >= 0.6 is 0 Å². The van der Waals surface area contributed by atoms with Gasteiger partial charge in [-0.2, -0.15) is 0 Å². The van der Waals surface area contributed by atoms with Gasteiger partial charge in [-0.3, -0.25) is 9.78 Å². The maximum absolute atomic E-state index is 15.0. The summed E-state index contributed by atoms with van der Waals surface area (Å²) in [6.07, 6.45) is 5.44. The van der Waals surface area contributed by atoms with Crippen molar-refractivity contribution in [2.45, 2.75) is 25.4 Å².